The molecule has 0 atom stereocenters. The minimum atomic E-state index is -2.86. The van der Waals surface area contributed by atoms with Crippen molar-refractivity contribution < 1.29 is 8.42 Å². The molecule has 3 rings (SSSR count). The summed E-state index contributed by atoms with van der Waals surface area (Å²) in [5.74, 6) is 0.398. The maximum Gasteiger partial charge on any atom is 0.155 e. The van der Waals surface area contributed by atoms with Crippen LogP contribution in [0.4, 0.5) is 5.69 Å². The van der Waals surface area contributed by atoms with E-state index in [1.807, 2.05) is 12.1 Å². The zero-order valence-corrected chi connectivity index (χ0v) is 10.4. The molecule has 5 heteroatoms. The molecule has 1 fully saturated rings. The SMILES string of the molecule is NCC1(N2CCc3ccccc32)CS(=O)(=O)C1. The Balaban J connectivity index is 1.97. The molecular weight excluding hydrogens is 236 g/mol. The first-order chi connectivity index (χ1) is 8.06. The van der Waals surface area contributed by atoms with E-state index in [9.17, 15) is 8.42 Å². The maximum atomic E-state index is 11.4. The van der Waals surface area contributed by atoms with Gasteiger partial charge in [0, 0.05) is 18.8 Å². The summed E-state index contributed by atoms with van der Waals surface area (Å²) in [6.45, 7) is 1.28. The van der Waals surface area contributed by atoms with Gasteiger partial charge in [0.2, 0.25) is 0 Å². The number of sulfone groups is 1. The summed E-state index contributed by atoms with van der Waals surface area (Å²) in [7, 11) is -2.86. The highest BCUT2D eigenvalue weighted by Crippen LogP contribution is 2.38. The molecule has 0 saturated carbocycles. The second kappa shape index (κ2) is 3.46. The fraction of sp³-hybridized carbons (Fsp3) is 0.500. The third-order valence-electron chi connectivity index (χ3n) is 3.82. The number of nitrogens with two attached hydrogens (primary N) is 1. The van der Waals surface area contributed by atoms with Crippen LogP contribution in [-0.4, -0.2) is 38.6 Å². The normalized spacial score (nSPS) is 24.2. The van der Waals surface area contributed by atoms with Gasteiger partial charge in [-0.3, -0.25) is 0 Å². The number of fused-ring (bicyclic) bond motifs is 1. The number of anilines is 1. The van der Waals surface area contributed by atoms with Crippen molar-refractivity contribution in [2.75, 3.05) is 29.5 Å². The molecule has 0 unspecified atom stereocenters. The first kappa shape index (κ1) is 11.0. The zero-order valence-electron chi connectivity index (χ0n) is 9.59. The fourth-order valence-corrected chi connectivity index (χ4v) is 5.09. The molecule has 0 radical (unpaired) electrons. The van der Waals surface area contributed by atoms with Gasteiger partial charge in [0.25, 0.3) is 0 Å². The molecular formula is C12H16N2O2S. The molecule has 2 aliphatic heterocycles. The van der Waals surface area contributed by atoms with Crippen LogP contribution in [0, 0.1) is 0 Å². The standard InChI is InChI=1S/C12H16N2O2S/c13-7-12(8-17(15,16)9-12)14-6-5-10-3-1-2-4-11(10)14/h1-4H,5-9,13H2. The Morgan fingerprint density at radius 3 is 2.65 bits per heavy atom. The fourth-order valence-electron chi connectivity index (χ4n) is 2.99. The number of nitrogens with zero attached hydrogens (tertiary/aromatic N) is 1. The largest absolute Gasteiger partial charge is 0.362 e. The topological polar surface area (TPSA) is 63.4 Å². The van der Waals surface area contributed by atoms with E-state index in [0.29, 0.717) is 6.54 Å². The molecule has 1 aromatic rings. The minimum Gasteiger partial charge on any atom is -0.362 e. The van der Waals surface area contributed by atoms with Crippen molar-refractivity contribution in [2.45, 2.75) is 12.0 Å². The lowest BCUT2D eigenvalue weighted by Gasteiger charge is -2.48. The number of rotatable bonds is 2. The zero-order chi connectivity index (χ0) is 12.1. The Bertz CT molecular complexity index is 541. The Hall–Kier alpha value is -1.07. The van der Waals surface area contributed by atoms with Gasteiger partial charge in [-0.15, -0.1) is 0 Å². The van der Waals surface area contributed by atoms with Crippen molar-refractivity contribution in [3.8, 4) is 0 Å². The predicted molar refractivity (Wildman–Crippen MR) is 67.9 cm³/mol. The molecule has 2 N–H and O–H groups in total. The van der Waals surface area contributed by atoms with Gasteiger partial charge in [0.1, 0.15) is 0 Å². The van der Waals surface area contributed by atoms with Crippen molar-refractivity contribution in [1.82, 2.24) is 0 Å². The predicted octanol–water partition coefficient (Wildman–Crippen LogP) is 0.175. The van der Waals surface area contributed by atoms with E-state index in [0.717, 1.165) is 18.7 Å². The quantitative estimate of drug-likeness (QED) is 0.815. The van der Waals surface area contributed by atoms with Crippen LogP contribution in [0.15, 0.2) is 24.3 Å². The average Bonchev–Trinajstić information content (AvgIpc) is 2.69. The highest BCUT2D eigenvalue weighted by atomic mass is 32.2. The molecule has 17 heavy (non-hydrogen) atoms. The van der Waals surface area contributed by atoms with Crippen LogP contribution in [0.1, 0.15) is 5.56 Å². The van der Waals surface area contributed by atoms with Crippen molar-refractivity contribution >= 4 is 15.5 Å². The van der Waals surface area contributed by atoms with E-state index in [-0.39, 0.29) is 17.0 Å². The van der Waals surface area contributed by atoms with Crippen molar-refractivity contribution in [3.05, 3.63) is 29.8 Å². The number of hydrogen-bond donors (Lipinski definition) is 1. The molecule has 92 valence electrons. The van der Waals surface area contributed by atoms with E-state index in [1.165, 1.54) is 5.56 Å². The van der Waals surface area contributed by atoms with Crippen molar-refractivity contribution in [2.24, 2.45) is 5.73 Å². The van der Waals surface area contributed by atoms with Gasteiger partial charge in [-0.2, -0.15) is 0 Å². The summed E-state index contributed by atoms with van der Waals surface area (Å²) in [5.41, 5.74) is 7.92. The number of benzene rings is 1. The van der Waals surface area contributed by atoms with Crippen LogP contribution in [-0.2, 0) is 16.3 Å². The molecule has 1 aromatic carbocycles. The molecule has 0 spiro atoms. The van der Waals surface area contributed by atoms with E-state index in [2.05, 4.69) is 17.0 Å². The van der Waals surface area contributed by atoms with Gasteiger partial charge in [0.05, 0.1) is 17.0 Å². The van der Waals surface area contributed by atoms with Crippen LogP contribution in [0.5, 0.6) is 0 Å². The third-order valence-corrected chi connectivity index (χ3v) is 5.77. The van der Waals surface area contributed by atoms with Crippen molar-refractivity contribution in [1.29, 1.82) is 0 Å². The summed E-state index contributed by atoms with van der Waals surface area (Å²) in [6, 6.07) is 8.18. The Labute approximate surface area is 101 Å². The van der Waals surface area contributed by atoms with Crippen LogP contribution in [0.3, 0.4) is 0 Å². The maximum absolute atomic E-state index is 11.4. The number of hydrogen-bond acceptors (Lipinski definition) is 4. The first-order valence-corrected chi connectivity index (χ1v) is 7.65. The van der Waals surface area contributed by atoms with E-state index in [4.69, 9.17) is 5.73 Å². The summed E-state index contributed by atoms with van der Waals surface area (Å²) in [5, 5.41) is 0. The minimum absolute atomic E-state index is 0.199. The monoisotopic (exact) mass is 252 g/mol. The Kier molecular flexibility index (Phi) is 2.25. The van der Waals surface area contributed by atoms with Crippen molar-refractivity contribution in [3.63, 3.8) is 0 Å². The van der Waals surface area contributed by atoms with Gasteiger partial charge >= 0.3 is 0 Å². The Morgan fingerprint density at radius 1 is 1.29 bits per heavy atom. The lowest BCUT2D eigenvalue weighted by molar-refractivity contribution is 0.432. The number of para-hydroxylation sites is 1. The van der Waals surface area contributed by atoms with Gasteiger partial charge < -0.3 is 10.6 Å². The second-order valence-electron chi connectivity index (χ2n) is 4.99. The van der Waals surface area contributed by atoms with E-state index >= 15 is 0 Å². The van der Waals surface area contributed by atoms with Gasteiger partial charge in [-0.1, -0.05) is 18.2 Å². The molecule has 0 bridgehead atoms. The van der Waals surface area contributed by atoms with Gasteiger partial charge in [0.15, 0.2) is 9.84 Å². The lowest BCUT2D eigenvalue weighted by atomic mass is 10.0. The van der Waals surface area contributed by atoms with Crippen LogP contribution >= 0.6 is 0 Å². The molecule has 0 aliphatic carbocycles. The molecule has 0 aromatic heterocycles. The Morgan fingerprint density at radius 2 is 2.00 bits per heavy atom. The van der Waals surface area contributed by atoms with Gasteiger partial charge in [-0.05, 0) is 18.1 Å². The van der Waals surface area contributed by atoms with Crippen LogP contribution in [0.2, 0.25) is 0 Å². The smallest absolute Gasteiger partial charge is 0.155 e. The second-order valence-corrected chi connectivity index (χ2v) is 7.06. The highest BCUT2D eigenvalue weighted by Gasteiger charge is 2.52. The van der Waals surface area contributed by atoms with E-state index < -0.39 is 9.84 Å². The van der Waals surface area contributed by atoms with Gasteiger partial charge in [-0.25, -0.2) is 8.42 Å². The molecule has 2 aliphatic rings. The molecule has 2 heterocycles. The molecule has 4 nitrogen and oxygen atoms in total. The first-order valence-electron chi connectivity index (χ1n) is 5.82. The summed E-state index contributed by atoms with van der Waals surface area (Å²) < 4.78 is 22.9. The highest BCUT2D eigenvalue weighted by molar-refractivity contribution is 7.93. The molecule has 1 saturated heterocycles. The van der Waals surface area contributed by atoms with E-state index in [1.54, 1.807) is 0 Å². The lowest BCUT2D eigenvalue weighted by Crippen LogP contribution is -2.69. The average molecular weight is 252 g/mol. The third kappa shape index (κ3) is 1.57. The van der Waals surface area contributed by atoms with Crippen LogP contribution in [0.25, 0.3) is 0 Å². The summed E-state index contributed by atoms with van der Waals surface area (Å²) >= 11 is 0. The molecule has 0 amide bonds. The summed E-state index contributed by atoms with van der Waals surface area (Å²) in [4.78, 5) is 2.20. The summed E-state index contributed by atoms with van der Waals surface area (Å²) in [6.07, 6.45) is 0.984. The van der Waals surface area contributed by atoms with Crippen LogP contribution < -0.4 is 10.6 Å².